The zero-order valence-electron chi connectivity index (χ0n) is 16.0. The number of rotatable bonds is 8. The van der Waals surface area contributed by atoms with Crippen molar-refractivity contribution >= 4 is 56.7 Å². The summed E-state index contributed by atoms with van der Waals surface area (Å²) in [7, 11) is 0. The lowest BCUT2D eigenvalue weighted by Crippen LogP contribution is -2.31. The van der Waals surface area contributed by atoms with Crippen molar-refractivity contribution in [3.05, 3.63) is 68.6 Å². The molecule has 1 saturated carbocycles. The smallest absolute Gasteiger partial charge is 0.0205 e. The number of nitrogens with one attached hydrogen (secondary N) is 2. The predicted molar refractivity (Wildman–Crippen MR) is 132 cm³/mol. The number of hydrogen-bond acceptors (Lipinski definition) is 2. The van der Waals surface area contributed by atoms with Gasteiger partial charge in [0.15, 0.2) is 0 Å². The highest BCUT2D eigenvalue weighted by molar-refractivity contribution is 9.10. The SMILES string of the molecule is Brc1ccc(CNCC2CCCC(CNCc3ccc(Br)cc3)C2)cc1.Cl.Cl. The van der Waals surface area contributed by atoms with E-state index in [0.29, 0.717) is 0 Å². The Bertz CT molecular complexity index is 608. The Morgan fingerprint density at radius 3 is 1.46 bits per heavy atom. The van der Waals surface area contributed by atoms with E-state index < -0.39 is 0 Å². The summed E-state index contributed by atoms with van der Waals surface area (Å²) in [5.74, 6) is 1.64. The highest BCUT2D eigenvalue weighted by Gasteiger charge is 2.21. The van der Waals surface area contributed by atoms with Gasteiger partial charge in [0.2, 0.25) is 0 Å². The van der Waals surface area contributed by atoms with Gasteiger partial charge in [0.1, 0.15) is 0 Å². The Morgan fingerprint density at radius 1 is 0.679 bits per heavy atom. The second kappa shape index (κ2) is 14.0. The summed E-state index contributed by atoms with van der Waals surface area (Å²) in [4.78, 5) is 0. The van der Waals surface area contributed by atoms with Crippen molar-refractivity contribution < 1.29 is 0 Å². The lowest BCUT2D eigenvalue weighted by molar-refractivity contribution is 0.252. The number of benzene rings is 2. The van der Waals surface area contributed by atoms with Crippen LogP contribution in [0.3, 0.4) is 0 Å². The van der Waals surface area contributed by atoms with Gasteiger partial charge in [-0.3, -0.25) is 0 Å². The molecule has 2 nitrogen and oxygen atoms in total. The van der Waals surface area contributed by atoms with Gasteiger partial charge in [-0.15, -0.1) is 24.8 Å². The van der Waals surface area contributed by atoms with Gasteiger partial charge in [-0.05, 0) is 79.6 Å². The molecule has 0 spiro atoms. The van der Waals surface area contributed by atoms with Crippen LogP contribution in [0.15, 0.2) is 57.5 Å². The molecule has 1 fully saturated rings. The van der Waals surface area contributed by atoms with E-state index in [9.17, 15) is 0 Å². The van der Waals surface area contributed by atoms with Crippen LogP contribution in [0.1, 0.15) is 36.8 Å². The van der Waals surface area contributed by atoms with E-state index in [1.807, 2.05) is 0 Å². The third-order valence-corrected chi connectivity index (χ3v) is 6.30. The molecule has 1 aliphatic carbocycles. The molecule has 3 rings (SSSR count). The van der Waals surface area contributed by atoms with Gasteiger partial charge in [-0.25, -0.2) is 0 Å². The molecule has 2 aromatic carbocycles. The normalized spacial score (nSPS) is 18.8. The second-order valence-electron chi connectivity index (χ2n) is 7.41. The first-order valence-corrected chi connectivity index (χ1v) is 11.2. The molecular formula is C22H30Br2Cl2N2. The quantitative estimate of drug-likeness (QED) is 0.379. The minimum Gasteiger partial charge on any atom is -0.312 e. The van der Waals surface area contributed by atoms with Crippen LogP contribution in [0.25, 0.3) is 0 Å². The molecule has 0 heterocycles. The standard InChI is InChI=1S/C22H28Br2N2.2ClH/c23-21-8-4-17(5-9-21)13-25-15-19-2-1-3-20(12-19)16-26-14-18-6-10-22(24)11-7-18;;/h4-11,19-20,25-26H,1-3,12-16H2;2*1H. The van der Waals surface area contributed by atoms with E-state index >= 15 is 0 Å². The summed E-state index contributed by atoms with van der Waals surface area (Å²) in [5.41, 5.74) is 2.72. The maximum Gasteiger partial charge on any atom is 0.0205 e. The van der Waals surface area contributed by atoms with Crippen LogP contribution in [-0.2, 0) is 13.1 Å². The minimum absolute atomic E-state index is 0. The fraction of sp³-hybridized carbons (Fsp3) is 0.455. The topological polar surface area (TPSA) is 24.1 Å². The van der Waals surface area contributed by atoms with Crippen LogP contribution in [-0.4, -0.2) is 13.1 Å². The zero-order chi connectivity index (χ0) is 18.2. The molecule has 0 aliphatic heterocycles. The molecule has 2 aromatic rings. The molecule has 28 heavy (non-hydrogen) atoms. The summed E-state index contributed by atoms with van der Waals surface area (Å²) >= 11 is 6.99. The third-order valence-electron chi connectivity index (χ3n) is 5.24. The molecule has 1 aliphatic rings. The summed E-state index contributed by atoms with van der Waals surface area (Å²) in [6.07, 6.45) is 5.46. The zero-order valence-corrected chi connectivity index (χ0v) is 20.8. The predicted octanol–water partition coefficient (Wildman–Crippen LogP) is 6.74. The van der Waals surface area contributed by atoms with Crippen molar-refractivity contribution in [2.45, 2.75) is 38.8 Å². The Labute approximate surface area is 198 Å². The van der Waals surface area contributed by atoms with E-state index in [-0.39, 0.29) is 24.8 Å². The van der Waals surface area contributed by atoms with Crippen LogP contribution in [0.2, 0.25) is 0 Å². The number of halogens is 4. The van der Waals surface area contributed by atoms with Crippen LogP contribution in [0.4, 0.5) is 0 Å². The van der Waals surface area contributed by atoms with Crippen molar-refractivity contribution in [2.75, 3.05) is 13.1 Å². The monoisotopic (exact) mass is 550 g/mol. The summed E-state index contributed by atoms with van der Waals surface area (Å²) < 4.78 is 2.29. The molecule has 0 aromatic heterocycles. The lowest BCUT2D eigenvalue weighted by Gasteiger charge is -2.29. The Morgan fingerprint density at radius 2 is 1.07 bits per heavy atom. The van der Waals surface area contributed by atoms with Crippen LogP contribution in [0.5, 0.6) is 0 Å². The molecule has 156 valence electrons. The molecular weight excluding hydrogens is 523 g/mol. The van der Waals surface area contributed by atoms with Gasteiger partial charge in [0.25, 0.3) is 0 Å². The lowest BCUT2D eigenvalue weighted by atomic mass is 9.81. The van der Waals surface area contributed by atoms with E-state index in [4.69, 9.17) is 0 Å². The molecule has 0 amide bonds. The second-order valence-corrected chi connectivity index (χ2v) is 9.24. The average molecular weight is 553 g/mol. The van der Waals surface area contributed by atoms with E-state index in [1.54, 1.807) is 0 Å². The summed E-state index contributed by atoms with van der Waals surface area (Å²) in [6, 6.07) is 17.2. The first-order chi connectivity index (χ1) is 12.7. The fourth-order valence-electron chi connectivity index (χ4n) is 3.82. The van der Waals surface area contributed by atoms with Crippen LogP contribution < -0.4 is 10.6 Å². The molecule has 2 atom stereocenters. The fourth-order valence-corrected chi connectivity index (χ4v) is 4.35. The summed E-state index contributed by atoms with van der Waals surface area (Å²) in [5, 5.41) is 7.32. The van der Waals surface area contributed by atoms with Crippen molar-refractivity contribution in [1.29, 1.82) is 0 Å². The highest BCUT2D eigenvalue weighted by atomic mass is 79.9. The molecule has 2 N–H and O–H groups in total. The van der Waals surface area contributed by atoms with E-state index in [0.717, 1.165) is 47.0 Å². The third kappa shape index (κ3) is 9.15. The van der Waals surface area contributed by atoms with E-state index in [1.165, 1.54) is 36.8 Å². The minimum atomic E-state index is 0. The average Bonchev–Trinajstić information content (AvgIpc) is 2.65. The summed E-state index contributed by atoms with van der Waals surface area (Å²) in [6.45, 7) is 4.21. The van der Waals surface area contributed by atoms with Crippen molar-refractivity contribution in [3.8, 4) is 0 Å². The first kappa shape index (κ1) is 25.9. The molecule has 0 bridgehead atoms. The van der Waals surface area contributed by atoms with Crippen molar-refractivity contribution in [3.63, 3.8) is 0 Å². The Balaban J connectivity index is 0.00000196. The van der Waals surface area contributed by atoms with Gasteiger partial charge >= 0.3 is 0 Å². The van der Waals surface area contributed by atoms with Gasteiger partial charge in [-0.1, -0.05) is 62.5 Å². The molecule has 0 saturated heterocycles. The van der Waals surface area contributed by atoms with Crippen LogP contribution in [0, 0.1) is 11.8 Å². The molecule has 2 unspecified atom stereocenters. The van der Waals surface area contributed by atoms with Gasteiger partial charge in [0, 0.05) is 22.0 Å². The maximum absolute atomic E-state index is 3.66. The molecule has 0 radical (unpaired) electrons. The van der Waals surface area contributed by atoms with Gasteiger partial charge in [-0.2, -0.15) is 0 Å². The van der Waals surface area contributed by atoms with Crippen molar-refractivity contribution in [2.24, 2.45) is 11.8 Å². The largest absolute Gasteiger partial charge is 0.312 e. The number of hydrogen-bond donors (Lipinski definition) is 2. The van der Waals surface area contributed by atoms with Gasteiger partial charge < -0.3 is 10.6 Å². The van der Waals surface area contributed by atoms with Crippen molar-refractivity contribution in [1.82, 2.24) is 10.6 Å². The molecule has 6 heteroatoms. The van der Waals surface area contributed by atoms with E-state index in [2.05, 4.69) is 91.0 Å². The Hall–Kier alpha value is -0.100. The Kier molecular flexibility index (Phi) is 13.0. The highest BCUT2D eigenvalue weighted by Crippen LogP contribution is 2.28. The first-order valence-electron chi connectivity index (χ1n) is 9.59. The maximum atomic E-state index is 3.66. The van der Waals surface area contributed by atoms with Crippen LogP contribution >= 0.6 is 56.7 Å². The van der Waals surface area contributed by atoms with Gasteiger partial charge in [0.05, 0.1) is 0 Å².